The van der Waals surface area contributed by atoms with Crippen LogP contribution in [0, 0.1) is 0 Å². The second kappa shape index (κ2) is 11.9. The Balaban J connectivity index is 1.18. The average Bonchev–Trinajstić information content (AvgIpc) is 3.77. The minimum atomic E-state index is 0.836. The van der Waals surface area contributed by atoms with Crippen molar-refractivity contribution in [3.05, 3.63) is 188 Å². The smallest absolute Gasteiger partial charge is 0.160 e. The molecule has 240 valence electrons. The molecule has 0 amide bonds. The van der Waals surface area contributed by atoms with E-state index >= 15 is 0 Å². The topological polar surface area (TPSA) is 29.5 Å². The van der Waals surface area contributed by atoms with Gasteiger partial charge in [-0.05, 0) is 70.3 Å². The van der Waals surface area contributed by atoms with E-state index in [1.54, 1.807) is 0 Å². The molecule has 51 heavy (non-hydrogen) atoms. The molecule has 2 heterocycles. The molecule has 0 spiro atoms. The highest BCUT2D eigenvalue weighted by Crippen LogP contribution is 2.48. The second-order valence-corrected chi connectivity index (χ2v) is 12.9. The summed E-state index contributed by atoms with van der Waals surface area (Å²) in [6.45, 7) is 0. The van der Waals surface area contributed by atoms with Crippen LogP contribution in [-0.4, -0.2) is 0 Å². The van der Waals surface area contributed by atoms with Gasteiger partial charge in [0.05, 0.1) is 11.4 Å². The van der Waals surface area contributed by atoms with Crippen LogP contribution in [0.1, 0.15) is 0 Å². The van der Waals surface area contributed by atoms with Crippen LogP contribution in [0.15, 0.2) is 197 Å². The summed E-state index contributed by atoms with van der Waals surface area (Å²) in [5.41, 5.74) is 13.3. The van der Waals surface area contributed by atoms with Gasteiger partial charge in [0.25, 0.3) is 0 Å². The van der Waals surface area contributed by atoms with Gasteiger partial charge in [0, 0.05) is 38.9 Å². The third-order valence-corrected chi connectivity index (χ3v) is 9.90. The van der Waals surface area contributed by atoms with E-state index in [1.165, 1.54) is 16.7 Å². The number of hydrogen-bond acceptors (Lipinski definition) is 3. The fourth-order valence-corrected chi connectivity index (χ4v) is 7.40. The van der Waals surface area contributed by atoms with E-state index in [0.29, 0.717) is 0 Å². The Labute approximate surface area is 295 Å². The fourth-order valence-electron chi connectivity index (χ4n) is 7.40. The van der Waals surface area contributed by atoms with Gasteiger partial charge in [-0.15, -0.1) is 0 Å². The van der Waals surface area contributed by atoms with Gasteiger partial charge >= 0.3 is 0 Å². The van der Waals surface area contributed by atoms with E-state index in [9.17, 15) is 0 Å². The van der Waals surface area contributed by atoms with E-state index in [2.05, 4.69) is 169 Å². The maximum atomic E-state index is 6.78. The number of benzene rings is 8. The van der Waals surface area contributed by atoms with Crippen molar-refractivity contribution in [2.45, 2.75) is 0 Å². The molecule has 0 N–H and O–H groups in total. The summed E-state index contributed by atoms with van der Waals surface area (Å²) in [5.74, 6) is 0. The number of rotatable bonds is 6. The SMILES string of the molecule is c1ccc(-c2ccc(-c3ccc(N(c4ccc5c(c4)oc4ccccc45)c4c(-c5ccccc5)ccc5c4oc4ccccc45)cc3)cc2)cc1. The Hall–Kier alpha value is -6.84. The van der Waals surface area contributed by atoms with Crippen LogP contribution in [0.5, 0.6) is 0 Å². The lowest BCUT2D eigenvalue weighted by molar-refractivity contribution is 0.667. The molecule has 0 bridgehead atoms. The Morgan fingerprint density at radius 2 is 0.784 bits per heavy atom. The van der Waals surface area contributed by atoms with Gasteiger partial charge in [0.1, 0.15) is 16.7 Å². The molecule has 0 fully saturated rings. The molecule has 10 rings (SSSR count). The van der Waals surface area contributed by atoms with Crippen LogP contribution >= 0.6 is 0 Å². The first-order valence-corrected chi connectivity index (χ1v) is 17.3. The van der Waals surface area contributed by atoms with Crippen molar-refractivity contribution in [3.63, 3.8) is 0 Å². The summed E-state index contributed by atoms with van der Waals surface area (Å²) in [6.07, 6.45) is 0. The molecule has 2 aromatic heterocycles. The van der Waals surface area contributed by atoms with Crippen molar-refractivity contribution in [1.82, 2.24) is 0 Å². The van der Waals surface area contributed by atoms with Gasteiger partial charge in [-0.2, -0.15) is 0 Å². The zero-order chi connectivity index (χ0) is 33.7. The minimum absolute atomic E-state index is 0.836. The quantitative estimate of drug-likeness (QED) is 0.179. The highest BCUT2D eigenvalue weighted by Gasteiger charge is 2.24. The van der Waals surface area contributed by atoms with Crippen LogP contribution < -0.4 is 4.90 Å². The largest absolute Gasteiger partial charge is 0.456 e. The minimum Gasteiger partial charge on any atom is -0.456 e. The van der Waals surface area contributed by atoms with Crippen LogP contribution in [-0.2, 0) is 0 Å². The number of para-hydroxylation sites is 2. The predicted molar refractivity (Wildman–Crippen MR) is 212 cm³/mol. The maximum Gasteiger partial charge on any atom is 0.160 e. The molecular formula is C48H31NO2. The first kappa shape index (κ1) is 29.1. The van der Waals surface area contributed by atoms with E-state index in [0.717, 1.165) is 77.6 Å². The lowest BCUT2D eigenvalue weighted by atomic mass is 9.98. The number of furan rings is 2. The molecule has 0 aliphatic heterocycles. The fraction of sp³-hybridized carbons (Fsp3) is 0. The van der Waals surface area contributed by atoms with Crippen molar-refractivity contribution in [2.75, 3.05) is 4.90 Å². The first-order chi connectivity index (χ1) is 25.3. The van der Waals surface area contributed by atoms with E-state index < -0.39 is 0 Å². The van der Waals surface area contributed by atoms with Crippen molar-refractivity contribution >= 4 is 60.9 Å². The number of hydrogen-bond donors (Lipinski definition) is 0. The third kappa shape index (κ3) is 4.98. The Kier molecular flexibility index (Phi) is 6.81. The van der Waals surface area contributed by atoms with Crippen LogP contribution in [0.3, 0.4) is 0 Å². The summed E-state index contributed by atoms with van der Waals surface area (Å²) in [5, 5.41) is 4.37. The second-order valence-electron chi connectivity index (χ2n) is 12.9. The normalized spacial score (nSPS) is 11.5. The van der Waals surface area contributed by atoms with Crippen molar-refractivity contribution in [1.29, 1.82) is 0 Å². The Morgan fingerprint density at radius 1 is 0.314 bits per heavy atom. The van der Waals surface area contributed by atoms with Gasteiger partial charge in [-0.25, -0.2) is 0 Å². The monoisotopic (exact) mass is 653 g/mol. The highest BCUT2D eigenvalue weighted by molar-refractivity contribution is 6.14. The lowest BCUT2D eigenvalue weighted by Gasteiger charge is -2.28. The van der Waals surface area contributed by atoms with Gasteiger partial charge in [0.2, 0.25) is 0 Å². The van der Waals surface area contributed by atoms with Gasteiger partial charge in [-0.3, -0.25) is 0 Å². The van der Waals surface area contributed by atoms with Crippen LogP contribution in [0.2, 0.25) is 0 Å². The van der Waals surface area contributed by atoms with Crippen LogP contribution in [0.25, 0.3) is 77.3 Å². The van der Waals surface area contributed by atoms with Crippen LogP contribution in [0.4, 0.5) is 17.1 Å². The van der Waals surface area contributed by atoms with E-state index in [1.807, 2.05) is 24.3 Å². The van der Waals surface area contributed by atoms with Crippen molar-refractivity contribution < 1.29 is 8.83 Å². The Morgan fingerprint density at radius 3 is 1.45 bits per heavy atom. The number of anilines is 3. The summed E-state index contributed by atoms with van der Waals surface area (Å²) >= 11 is 0. The maximum absolute atomic E-state index is 6.78. The molecule has 0 aliphatic carbocycles. The molecule has 0 radical (unpaired) electrons. The number of fused-ring (bicyclic) bond motifs is 6. The van der Waals surface area contributed by atoms with E-state index in [4.69, 9.17) is 8.83 Å². The molecule has 0 saturated heterocycles. The van der Waals surface area contributed by atoms with E-state index in [-0.39, 0.29) is 0 Å². The van der Waals surface area contributed by atoms with Gasteiger partial charge in [0.15, 0.2) is 5.58 Å². The third-order valence-electron chi connectivity index (χ3n) is 9.90. The number of nitrogens with zero attached hydrogens (tertiary/aromatic N) is 1. The summed E-state index contributed by atoms with van der Waals surface area (Å²) in [7, 11) is 0. The molecular weight excluding hydrogens is 623 g/mol. The standard InChI is InChI=1S/C48H31NO2/c1-3-11-32(12-4-1)33-19-21-34(22-20-33)35-23-25-37(26-24-35)49(38-27-28-42-40-15-7-9-17-44(40)50-46(42)31-38)47-39(36-13-5-2-6-14-36)29-30-43-41-16-8-10-18-45(41)51-48(43)47/h1-31H. The Bertz CT molecular complexity index is 2830. The van der Waals surface area contributed by atoms with Gasteiger partial charge < -0.3 is 13.7 Å². The molecule has 3 nitrogen and oxygen atoms in total. The predicted octanol–water partition coefficient (Wildman–Crippen LogP) is 14.0. The van der Waals surface area contributed by atoms with Crippen molar-refractivity contribution in [2.24, 2.45) is 0 Å². The molecule has 0 unspecified atom stereocenters. The zero-order valence-corrected chi connectivity index (χ0v) is 27.7. The summed E-state index contributed by atoms with van der Waals surface area (Å²) in [4.78, 5) is 2.32. The highest BCUT2D eigenvalue weighted by atomic mass is 16.3. The summed E-state index contributed by atoms with van der Waals surface area (Å²) < 4.78 is 13.2. The molecule has 3 heteroatoms. The molecule has 0 aliphatic rings. The van der Waals surface area contributed by atoms with Crippen molar-refractivity contribution in [3.8, 4) is 33.4 Å². The average molecular weight is 654 g/mol. The molecule has 10 aromatic rings. The lowest BCUT2D eigenvalue weighted by Crippen LogP contribution is -2.11. The summed E-state index contributed by atoms with van der Waals surface area (Å²) in [6, 6.07) is 66.1. The zero-order valence-electron chi connectivity index (χ0n) is 27.7. The molecule has 8 aromatic carbocycles. The molecule has 0 atom stereocenters. The van der Waals surface area contributed by atoms with Gasteiger partial charge in [-0.1, -0.05) is 140 Å². The molecule has 0 saturated carbocycles. The first-order valence-electron chi connectivity index (χ1n) is 17.3.